The number of nitrogens with zero attached hydrogens (tertiary/aromatic N) is 4. The summed E-state index contributed by atoms with van der Waals surface area (Å²) in [5.41, 5.74) is 3.09. The predicted octanol–water partition coefficient (Wildman–Crippen LogP) is 3.15. The lowest BCUT2D eigenvalue weighted by Crippen LogP contribution is -2.32. The molecule has 0 bridgehead atoms. The van der Waals surface area contributed by atoms with Gasteiger partial charge in [-0.3, -0.25) is 9.20 Å². The van der Waals surface area contributed by atoms with Crippen molar-refractivity contribution in [2.24, 2.45) is 0 Å². The highest BCUT2D eigenvalue weighted by atomic mass is 16.5. The fraction of sp³-hybridized carbons (Fsp3) is 0.261. The average molecular weight is 401 g/mol. The molecule has 7 nitrogen and oxygen atoms in total. The van der Waals surface area contributed by atoms with Crippen LogP contribution < -0.4 is 5.32 Å². The SMILES string of the molecule is O=C(NCC1CCCO1)c1nc(-c2cn(Cc3ccccc3)cn2)n2ccccc12. The van der Waals surface area contributed by atoms with E-state index >= 15 is 0 Å². The van der Waals surface area contributed by atoms with Crippen molar-refractivity contribution in [3.63, 3.8) is 0 Å². The number of ether oxygens (including phenoxy) is 1. The highest BCUT2D eigenvalue weighted by Crippen LogP contribution is 2.22. The molecule has 1 aliphatic heterocycles. The van der Waals surface area contributed by atoms with Gasteiger partial charge >= 0.3 is 0 Å². The zero-order chi connectivity index (χ0) is 20.3. The molecule has 1 aliphatic rings. The zero-order valence-electron chi connectivity index (χ0n) is 16.6. The van der Waals surface area contributed by atoms with Crippen LogP contribution in [0.15, 0.2) is 67.3 Å². The number of pyridine rings is 1. The van der Waals surface area contributed by atoms with Crippen LogP contribution in [0.4, 0.5) is 0 Å². The number of hydrogen-bond donors (Lipinski definition) is 1. The van der Waals surface area contributed by atoms with Crippen LogP contribution in [0.1, 0.15) is 28.9 Å². The second-order valence-corrected chi connectivity index (χ2v) is 7.50. The van der Waals surface area contributed by atoms with Gasteiger partial charge in [0, 0.05) is 32.1 Å². The number of carbonyl (C=O) groups is 1. The standard InChI is InChI=1S/C23H23N5O2/c29-23(24-13-18-9-6-12-30-18)21-20-10-4-5-11-28(20)22(26-21)19-15-27(16-25-19)14-17-7-2-1-3-8-17/h1-5,7-8,10-11,15-16,18H,6,9,12-14H2,(H,24,29). The lowest BCUT2D eigenvalue weighted by molar-refractivity contribution is 0.0855. The van der Waals surface area contributed by atoms with Gasteiger partial charge in [0.2, 0.25) is 0 Å². The molecule has 0 spiro atoms. The molecule has 0 aliphatic carbocycles. The monoisotopic (exact) mass is 401 g/mol. The molecule has 5 rings (SSSR count). The maximum absolute atomic E-state index is 12.8. The van der Waals surface area contributed by atoms with Crippen LogP contribution in [0.3, 0.4) is 0 Å². The second-order valence-electron chi connectivity index (χ2n) is 7.50. The summed E-state index contributed by atoms with van der Waals surface area (Å²) in [5, 5.41) is 2.97. The van der Waals surface area contributed by atoms with Crippen molar-refractivity contribution in [3.05, 3.63) is 78.5 Å². The third-order valence-electron chi connectivity index (χ3n) is 5.35. The van der Waals surface area contributed by atoms with Gasteiger partial charge < -0.3 is 14.6 Å². The number of rotatable bonds is 6. The number of fused-ring (bicyclic) bond motifs is 1. The molecule has 7 heteroatoms. The highest BCUT2D eigenvalue weighted by Gasteiger charge is 2.21. The lowest BCUT2D eigenvalue weighted by atomic mass is 10.2. The second kappa shape index (κ2) is 8.12. The third-order valence-corrected chi connectivity index (χ3v) is 5.35. The van der Waals surface area contributed by atoms with Gasteiger partial charge in [0.25, 0.3) is 5.91 Å². The molecule has 1 N–H and O–H groups in total. The van der Waals surface area contributed by atoms with Crippen molar-refractivity contribution in [1.82, 2.24) is 24.3 Å². The Morgan fingerprint density at radius 2 is 2.03 bits per heavy atom. The van der Waals surface area contributed by atoms with Gasteiger partial charge in [0.1, 0.15) is 5.69 Å². The van der Waals surface area contributed by atoms with Crippen molar-refractivity contribution in [2.75, 3.05) is 13.2 Å². The number of carbonyl (C=O) groups excluding carboxylic acids is 1. The molecule has 1 aromatic carbocycles. The molecule has 4 heterocycles. The molecule has 1 fully saturated rings. The van der Waals surface area contributed by atoms with Crippen molar-refractivity contribution < 1.29 is 9.53 Å². The number of aromatic nitrogens is 4. The molecular weight excluding hydrogens is 378 g/mol. The van der Waals surface area contributed by atoms with E-state index in [9.17, 15) is 4.79 Å². The number of benzene rings is 1. The van der Waals surface area contributed by atoms with Gasteiger partial charge in [-0.2, -0.15) is 0 Å². The van der Waals surface area contributed by atoms with Crippen molar-refractivity contribution in [1.29, 1.82) is 0 Å². The number of amides is 1. The van der Waals surface area contributed by atoms with Crippen LogP contribution in [0.5, 0.6) is 0 Å². The van der Waals surface area contributed by atoms with Crippen molar-refractivity contribution in [3.8, 4) is 11.5 Å². The van der Waals surface area contributed by atoms with Crippen molar-refractivity contribution in [2.45, 2.75) is 25.5 Å². The maximum atomic E-state index is 12.8. The Hall–Kier alpha value is -3.45. The number of imidazole rings is 2. The molecule has 0 saturated carbocycles. The fourth-order valence-corrected chi connectivity index (χ4v) is 3.84. The Morgan fingerprint density at radius 3 is 2.87 bits per heavy atom. The first-order valence-corrected chi connectivity index (χ1v) is 10.2. The fourth-order valence-electron chi connectivity index (χ4n) is 3.84. The summed E-state index contributed by atoms with van der Waals surface area (Å²) >= 11 is 0. The van der Waals surface area contributed by atoms with E-state index in [1.165, 1.54) is 5.56 Å². The summed E-state index contributed by atoms with van der Waals surface area (Å²) in [7, 11) is 0. The lowest BCUT2D eigenvalue weighted by Gasteiger charge is -2.09. The average Bonchev–Trinajstić information content (AvgIpc) is 3.52. The Morgan fingerprint density at radius 1 is 1.17 bits per heavy atom. The van der Waals surface area contributed by atoms with Crippen LogP contribution in [-0.2, 0) is 11.3 Å². The molecule has 30 heavy (non-hydrogen) atoms. The molecule has 4 aromatic rings. The molecule has 3 aromatic heterocycles. The summed E-state index contributed by atoms with van der Waals surface area (Å²) in [5.74, 6) is 0.462. The van der Waals surface area contributed by atoms with Crippen LogP contribution >= 0.6 is 0 Å². The van der Waals surface area contributed by atoms with E-state index in [1.54, 1.807) is 6.33 Å². The van der Waals surface area contributed by atoms with Gasteiger partial charge in [0.05, 0.1) is 17.9 Å². The van der Waals surface area contributed by atoms with Gasteiger partial charge in [-0.25, -0.2) is 9.97 Å². The Labute approximate surface area is 174 Å². The van der Waals surface area contributed by atoms with Crippen LogP contribution in [0.2, 0.25) is 0 Å². The van der Waals surface area contributed by atoms with Gasteiger partial charge in [0.15, 0.2) is 11.5 Å². The Balaban J connectivity index is 1.41. The summed E-state index contributed by atoms with van der Waals surface area (Å²) in [6.45, 7) is 2.00. The molecular formula is C23H23N5O2. The van der Waals surface area contributed by atoms with E-state index < -0.39 is 0 Å². The largest absolute Gasteiger partial charge is 0.376 e. The maximum Gasteiger partial charge on any atom is 0.272 e. The van der Waals surface area contributed by atoms with E-state index in [1.807, 2.05) is 57.8 Å². The Kier molecular flexibility index (Phi) is 5.03. The first-order chi connectivity index (χ1) is 14.8. The molecule has 1 saturated heterocycles. The topological polar surface area (TPSA) is 73.4 Å². The van der Waals surface area contributed by atoms with Crippen LogP contribution in [-0.4, -0.2) is 44.1 Å². The predicted molar refractivity (Wildman–Crippen MR) is 113 cm³/mol. The minimum atomic E-state index is -0.191. The molecule has 1 amide bonds. The van der Waals surface area contributed by atoms with E-state index in [4.69, 9.17) is 4.74 Å². The van der Waals surface area contributed by atoms with E-state index in [0.717, 1.165) is 37.2 Å². The first-order valence-electron chi connectivity index (χ1n) is 10.2. The number of nitrogens with one attached hydrogen (secondary N) is 1. The number of hydrogen-bond acceptors (Lipinski definition) is 4. The first kappa shape index (κ1) is 18.6. The molecule has 1 unspecified atom stereocenters. The summed E-state index contributed by atoms with van der Waals surface area (Å²) in [6, 6.07) is 16.0. The minimum Gasteiger partial charge on any atom is -0.376 e. The highest BCUT2D eigenvalue weighted by molar-refractivity contribution is 6.00. The normalized spacial score (nSPS) is 16.2. The molecule has 152 valence electrons. The van der Waals surface area contributed by atoms with E-state index in [2.05, 4.69) is 27.4 Å². The Bertz CT molecular complexity index is 1160. The quantitative estimate of drug-likeness (QED) is 0.539. The molecule has 1 atom stereocenters. The van der Waals surface area contributed by atoms with Gasteiger partial charge in [-0.05, 0) is 30.5 Å². The summed E-state index contributed by atoms with van der Waals surface area (Å²) in [4.78, 5) is 22.0. The molecule has 0 radical (unpaired) electrons. The van der Waals surface area contributed by atoms with E-state index in [0.29, 0.717) is 18.1 Å². The third kappa shape index (κ3) is 3.71. The van der Waals surface area contributed by atoms with E-state index in [-0.39, 0.29) is 12.0 Å². The van der Waals surface area contributed by atoms with Crippen LogP contribution in [0, 0.1) is 0 Å². The summed E-state index contributed by atoms with van der Waals surface area (Å²) in [6.07, 6.45) is 7.78. The smallest absolute Gasteiger partial charge is 0.272 e. The van der Waals surface area contributed by atoms with Crippen molar-refractivity contribution >= 4 is 11.4 Å². The minimum absolute atomic E-state index is 0.0935. The van der Waals surface area contributed by atoms with Gasteiger partial charge in [-0.15, -0.1) is 0 Å². The summed E-state index contributed by atoms with van der Waals surface area (Å²) < 4.78 is 9.53. The zero-order valence-corrected chi connectivity index (χ0v) is 16.6. The van der Waals surface area contributed by atoms with Gasteiger partial charge in [-0.1, -0.05) is 36.4 Å². The van der Waals surface area contributed by atoms with Crippen LogP contribution in [0.25, 0.3) is 17.0 Å².